The van der Waals surface area contributed by atoms with E-state index in [9.17, 15) is 4.39 Å². The summed E-state index contributed by atoms with van der Waals surface area (Å²) >= 11 is 0. The monoisotopic (exact) mass is 409 g/mol. The van der Waals surface area contributed by atoms with E-state index in [2.05, 4.69) is 47.3 Å². The fourth-order valence-electron chi connectivity index (χ4n) is 4.81. The highest BCUT2D eigenvalue weighted by Crippen LogP contribution is 2.40. The molecule has 0 aliphatic heterocycles. The Morgan fingerprint density at radius 2 is 2.17 bits per heavy atom. The van der Waals surface area contributed by atoms with Crippen LogP contribution in [-0.4, -0.2) is 44.5 Å². The van der Waals surface area contributed by atoms with Crippen molar-refractivity contribution in [1.29, 1.82) is 0 Å². The van der Waals surface area contributed by atoms with Gasteiger partial charge in [0.25, 0.3) is 0 Å². The second-order valence-corrected chi connectivity index (χ2v) is 8.74. The van der Waals surface area contributed by atoms with Gasteiger partial charge in [-0.3, -0.25) is 4.68 Å². The van der Waals surface area contributed by atoms with Gasteiger partial charge in [-0.15, -0.1) is 5.10 Å². The number of nitrogens with one attached hydrogen (secondary N) is 1. The maximum atomic E-state index is 14.0. The summed E-state index contributed by atoms with van der Waals surface area (Å²) in [6, 6.07) is 5.03. The number of unbranched alkanes of at least 4 members (excludes halogenated alkanes) is 1. The van der Waals surface area contributed by atoms with Gasteiger partial charge in [0, 0.05) is 34.9 Å². The van der Waals surface area contributed by atoms with Gasteiger partial charge in [-0.2, -0.15) is 0 Å². The van der Waals surface area contributed by atoms with Crippen LogP contribution in [0.15, 0.2) is 36.7 Å². The van der Waals surface area contributed by atoms with Crippen LogP contribution in [0.4, 0.5) is 4.39 Å². The van der Waals surface area contributed by atoms with E-state index in [4.69, 9.17) is 0 Å². The van der Waals surface area contributed by atoms with Crippen molar-refractivity contribution in [2.24, 2.45) is 0 Å². The van der Waals surface area contributed by atoms with Gasteiger partial charge in [0.1, 0.15) is 5.82 Å². The van der Waals surface area contributed by atoms with Crippen molar-refractivity contribution >= 4 is 16.5 Å². The lowest BCUT2D eigenvalue weighted by atomic mass is 9.77. The highest BCUT2D eigenvalue weighted by atomic mass is 19.1. The topological polar surface area (TPSA) is 49.7 Å². The molecule has 1 aliphatic rings. The molecule has 160 valence electrons. The quantitative estimate of drug-likeness (QED) is 0.556. The first-order valence-electron chi connectivity index (χ1n) is 11.0. The maximum Gasteiger partial charge on any atom is 0.123 e. The van der Waals surface area contributed by atoms with Crippen LogP contribution in [0.5, 0.6) is 0 Å². The van der Waals surface area contributed by atoms with E-state index in [1.54, 1.807) is 12.3 Å². The standard InChI is InChI=1S/C24H32FN5/c1-4-5-11-24(29(2)3)12-8-18(9-13-24)23-20(10-15-30-16-14-26-28-30)21-17-19(25)6-7-22(21)27-23/h6-8,14,16-17,27H,4-5,9-13,15H2,1-3H3. The molecular weight excluding hydrogens is 377 g/mol. The Balaban J connectivity index is 1.67. The minimum atomic E-state index is -0.195. The van der Waals surface area contributed by atoms with E-state index >= 15 is 0 Å². The van der Waals surface area contributed by atoms with Crippen molar-refractivity contribution in [3.05, 3.63) is 53.7 Å². The van der Waals surface area contributed by atoms with Crippen molar-refractivity contribution in [1.82, 2.24) is 24.9 Å². The van der Waals surface area contributed by atoms with Gasteiger partial charge in [0.05, 0.1) is 6.20 Å². The molecule has 30 heavy (non-hydrogen) atoms. The van der Waals surface area contributed by atoms with Crippen molar-refractivity contribution < 1.29 is 4.39 Å². The average Bonchev–Trinajstić information content (AvgIpc) is 3.38. The minimum absolute atomic E-state index is 0.195. The van der Waals surface area contributed by atoms with Gasteiger partial charge in [0.2, 0.25) is 0 Å². The fraction of sp³-hybridized carbons (Fsp3) is 0.500. The predicted octanol–water partition coefficient (Wildman–Crippen LogP) is 5.20. The molecular formula is C24H32FN5. The molecule has 2 aromatic heterocycles. The molecule has 1 N–H and O–H groups in total. The Kier molecular flexibility index (Phi) is 6.04. The minimum Gasteiger partial charge on any atom is -0.355 e. The van der Waals surface area contributed by atoms with Crippen LogP contribution in [0.1, 0.15) is 56.7 Å². The molecule has 6 heteroatoms. The Morgan fingerprint density at radius 3 is 2.83 bits per heavy atom. The van der Waals surface area contributed by atoms with Gasteiger partial charge in [0.15, 0.2) is 0 Å². The number of benzene rings is 1. The number of fused-ring (bicyclic) bond motifs is 1. The van der Waals surface area contributed by atoms with Crippen LogP contribution in [0.2, 0.25) is 0 Å². The van der Waals surface area contributed by atoms with E-state index in [0.29, 0.717) is 0 Å². The second-order valence-electron chi connectivity index (χ2n) is 8.74. The Morgan fingerprint density at radius 1 is 1.30 bits per heavy atom. The Bertz CT molecular complexity index is 1020. The zero-order valence-electron chi connectivity index (χ0n) is 18.3. The Hall–Kier alpha value is -2.47. The molecule has 0 bridgehead atoms. The molecule has 0 saturated heterocycles. The SMILES string of the molecule is CCCCC1(N(C)C)CC=C(c2[nH]c3ccc(F)cc3c2CCn2ccnn2)CC1. The van der Waals surface area contributed by atoms with Crippen molar-refractivity contribution in [3.8, 4) is 0 Å². The van der Waals surface area contributed by atoms with E-state index in [1.807, 2.05) is 16.9 Å². The van der Waals surface area contributed by atoms with Crippen molar-refractivity contribution in [3.63, 3.8) is 0 Å². The zero-order valence-corrected chi connectivity index (χ0v) is 18.3. The van der Waals surface area contributed by atoms with Gasteiger partial charge >= 0.3 is 0 Å². The normalized spacial score (nSPS) is 19.6. The third kappa shape index (κ3) is 4.06. The largest absolute Gasteiger partial charge is 0.355 e. The first kappa shape index (κ1) is 20.8. The lowest BCUT2D eigenvalue weighted by molar-refractivity contribution is 0.124. The number of hydrogen-bond acceptors (Lipinski definition) is 3. The molecule has 0 fully saturated rings. The van der Waals surface area contributed by atoms with Crippen LogP contribution in [-0.2, 0) is 13.0 Å². The van der Waals surface area contributed by atoms with Crippen molar-refractivity contribution in [2.45, 2.75) is 64.0 Å². The number of H-pyrrole nitrogens is 1. The molecule has 0 saturated carbocycles. The molecule has 0 spiro atoms. The maximum absolute atomic E-state index is 14.0. The molecule has 3 aromatic rings. The third-order valence-electron chi connectivity index (χ3n) is 6.78. The molecule has 1 unspecified atom stereocenters. The number of aryl methyl sites for hydroxylation is 2. The van der Waals surface area contributed by atoms with Crippen LogP contribution in [0.25, 0.3) is 16.5 Å². The average molecular weight is 410 g/mol. The highest BCUT2D eigenvalue weighted by Gasteiger charge is 2.34. The van der Waals surface area contributed by atoms with Gasteiger partial charge in [-0.25, -0.2) is 4.39 Å². The zero-order chi connectivity index (χ0) is 21.1. The first-order valence-corrected chi connectivity index (χ1v) is 11.0. The molecule has 4 rings (SSSR count). The smallest absolute Gasteiger partial charge is 0.123 e. The molecule has 0 radical (unpaired) electrons. The van der Waals surface area contributed by atoms with Gasteiger partial charge in [-0.1, -0.05) is 31.1 Å². The van der Waals surface area contributed by atoms with Crippen LogP contribution >= 0.6 is 0 Å². The van der Waals surface area contributed by atoms with E-state index in [1.165, 1.54) is 42.2 Å². The summed E-state index contributed by atoms with van der Waals surface area (Å²) in [5.41, 5.74) is 4.94. The number of hydrogen-bond donors (Lipinski definition) is 1. The van der Waals surface area contributed by atoms with E-state index < -0.39 is 0 Å². The summed E-state index contributed by atoms with van der Waals surface area (Å²) in [5.74, 6) is -0.195. The molecule has 5 nitrogen and oxygen atoms in total. The summed E-state index contributed by atoms with van der Waals surface area (Å²) in [6.07, 6.45) is 13.7. The van der Waals surface area contributed by atoms with Crippen LogP contribution in [0.3, 0.4) is 0 Å². The molecule has 0 amide bonds. The Labute approximate surface area is 178 Å². The number of rotatable bonds is 8. The fourth-order valence-corrected chi connectivity index (χ4v) is 4.81. The number of halogens is 1. The summed E-state index contributed by atoms with van der Waals surface area (Å²) in [5, 5.41) is 8.96. The number of aromatic amines is 1. The van der Waals surface area contributed by atoms with Crippen LogP contribution in [0, 0.1) is 5.82 Å². The molecule has 1 aliphatic carbocycles. The summed E-state index contributed by atoms with van der Waals surface area (Å²) < 4.78 is 15.9. The van der Waals surface area contributed by atoms with E-state index in [0.717, 1.165) is 43.1 Å². The van der Waals surface area contributed by atoms with Gasteiger partial charge in [-0.05, 0) is 75.5 Å². The third-order valence-corrected chi connectivity index (χ3v) is 6.78. The molecule has 1 aromatic carbocycles. The summed E-state index contributed by atoms with van der Waals surface area (Å²) in [6.45, 7) is 2.99. The van der Waals surface area contributed by atoms with Gasteiger partial charge < -0.3 is 9.88 Å². The number of allylic oxidation sites excluding steroid dienone is 1. The first-order chi connectivity index (χ1) is 14.5. The molecule has 2 heterocycles. The predicted molar refractivity (Wildman–Crippen MR) is 120 cm³/mol. The van der Waals surface area contributed by atoms with E-state index in [-0.39, 0.29) is 11.4 Å². The lowest BCUT2D eigenvalue weighted by Gasteiger charge is -2.42. The van der Waals surface area contributed by atoms with Crippen molar-refractivity contribution in [2.75, 3.05) is 14.1 Å². The lowest BCUT2D eigenvalue weighted by Crippen LogP contribution is -2.45. The summed E-state index contributed by atoms with van der Waals surface area (Å²) in [4.78, 5) is 6.02. The molecule has 1 atom stereocenters. The highest BCUT2D eigenvalue weighted by molar-refractivity contribution is 5.89. The number of nitrogens with zero attached hydrogens (tertiary/aromatic N) is 4. The van der Waals surface area contributed by atoms with Crippen LogP contribution < -0.4 is 0 Å². The number of aromatic nitrogens is 4. The summed E-state index contributed by atoms with van der Waals surface area (Å²) in [7, 11) is 4.42. The second kappa shape index (κ2) is 8.72.